The minimum atomic E-state index is 0.535. The Morgan fingerprint density at radius 1 is 1.42 bits per heavy atom. The minimum absolute atomic E-state index is 0.535. The standard InChI is InChI=1S/C15H18ClN3/c1-2-9-19-14-4-3-12(16)10-13(14)18-15(19)11-5-7-17-8-6-11/h2-4,10-11,17H,1,5-9H2. The fourth-order valence-electron chi connectivity index (χ4n) is 2.83. The Morgan fingerprint density at radius 3 is 2.95 bits per heavy atom. The first-order valence-corrected chi connectivity index (χ1v) is 7.14. The molecule has 0 spiro atoms. The molecule has 3 rings (SSSR count). The van der Waals surface area contributed by atoms with Crippen LogP contribution in [0.5, 0.6) is 0 Å². The lowest BCUT2D eigenvalue weighted by atomic mass is 9.97. The second kappa shape index (κ2) is 5.35. The van der Waals surface area contributed by atoms with E-state index in [9.17, 15) is 0 Å². The Labute approximate surface area is 118 Å². The fraction of sp³-hybridized carbons (Fsp3) is 0.400. The maximum atomic E-state index is 6.06. The number of nitrogens with zero attached hydrogens (tertiary/aromatic N) is 2. The third-order valence-electron chi connectivity index (χ3n) is 3.76. The molecule has 1 N–H and O–H groups in total. The summed E-state index contributed by atoms with van der Waals surface area (Å²) in [6.45, 7) is 6.81. The zero-order valence-corrected chi connectivity index (χ0v) is 11.7. The maximum absolute atomic E-state index is 6.06. The van der Waals surface area contributed by atoms with Crippen molar-refractivity contribution in [1.82, 2.24) is 14.9 Å². The second-order valence-electron chi connectivity index (χ2n) is 5.03. The summed E-state index contributed by atoms with van der Waals surface area (Å²) in [7, 11) is 0. The highest BCUT2D eigenvalue weighted by molar-refractivity contribution is 6.31. The molecule has 0 saturated carbocycles. The summed E-state index contributed by atoms with van der Waals surface area (Å²) in [5.41, 5.74) is 2.14. The van der Waals surface area contributed by atoms with E-state index in [1.165, 1.54) is 5.82 Å². The molecule has 3 nitrogen and oxygen atoms in total. The normalized spacial score (nSPS) is 16.9. The number of rotatable bonds is 3. The number of nitrogens with one attached hydrogen (secondary N) is 1. The molecule has 0 aliphatic carbocycles. The maximum Gasteiger partial charge on any atom is 0.113 e. The van der Waals surface area contributed by atoms with E-state index >= 15 is 0 Å². The Hall–Kier alpha value is -1.32. The Bertz CT molecular complexity index is 597. The van der Waals surface area contributed by atoms with E-state index in [1.54, 1.807) is 0 Å². The molecule has 0 amide bonds. The number of imidazole rings is 1. The highest BCUT2D eigenvalue weighted by Gasteiger charge is 2.21. The first kappa shape index (κ1) is 12.7. The molecule has 4 heteroatoms. The molecule has 1 saturated heterocycles. The van der Waals surface area contributed by atoms with Crippen molar-refractivity contribution in [2.45, 2.75) is 25.3 Å². The lowest BCUT2D eigenvalue weighted by molar-refractivity contribution is 0.436. The molecule has 100 valence electrons. The van der Waals surface area contributed by atoms with Gasteiger partial charge in [0, 0.05) is 17.5 Å². The average molecular weight is 276 g/mol. The molecule has 1 fully saturated rings. The molecule has 1 aliphatic rings. The van der Waals surface area contributed by atoms with E-state index in [0.29, 0.717) is 5.92 Å². The van der Waals surface area contributed by atoms with Crippen LogP contribution in [-0.2, 0) is 6.54 Å². The third-order valence-corrected chi connectivity index (χ3v) is 3.99. The van der Waals surface area contributed by atoms with Gasteiger partial charge >= 0.3 is 0 Å². The van der Waals surface area contributed by atoms with Crippen LogP contribution in [0.25, 0.3) is 11.0 Å². The van der Waals surface area contributed by atoms with E-state index < -0.39 is 0 Å². The molecule has 0 radical (unpaired) electrons. The van der Waals surface area contributed by atoms with E-state index in [4.69, 9.17) is 16.6 Å². The Balaban J connectivity index is 2.10. The van der Waals surface area contributed by atoms with Crippen LogP contribution in [0, 0.1) is 0 Å². The van der Waals surface area contributed by atoms with Gasteiger partial charge in [-0.15, -0.1) is 6.58 Å². The highest BCUT2D eigenvalue weighted by Crippen LogP contribution is 2.29. The number of hydrogen-bond donors (Lipinski definition) is 1. The molecule has 2 aromatic rings. The number of benzene rings is 1. The van der Waals surface area contributed by atoms with Crippen molar-refractivity contribution < 1.29 is 0 Å². The Kier molecular flexibility index (Phi) is 3.58. The van der Waals surface area contributed by atoms with Gasteiger partial charge in [-0.05, 0) is 44.1 Å². The quantitative estimate of drug-likeness (QED) is 0.871. The van der Waals surface area contributed by atoms with Crippen molar-refractivity contribution in [3.05, 3.63) is 41.7 Å². The molecule has 1 aromatic heterocycles. The van der Waals surface area contributed by atoms with Crippen molar-refractivity contribution in [2.75, 3.05) is 13.1 Å². The fourth-order valence-corrected chi connectivity index (χ4v) is 3.00. The largest absolute Gasteiger partial charge is 0.324 e. The van der Waals surface area contributed by atoms with E-state index in [2.05, 4.69) is 22.5 Å². The van der Waals surface area contributed by atoms with E-state index in [0.717, 1.165) is 48.5 Å². The van der Waals surface area contributed by atoms with Crippen LogP contribution in [0.3, 0.4) is 0 Å². The number of allylic oxidation sites excluding steroid dienone is 1. The molecule has 0 bridgehead atoms. The molecule has 2 heterocycles. The molecule has 0 unspecified atom stereocenters. The average Bonchev–Trinajstić information content (AvgIpc) is 2.78. The molecular weight excluding hydrogens is 258 g/mol. The SMILES string of the molecule is C=CCn1c(C2CCNCC2)nc2cc(Cl)ccc21. The molecule has 19 heavy (non-hydrogen) atoms. The van der Waals surface area contributed by atoms with Gasteiger partial charge in [-0.1, -0.05) is 17.7 Å². The predicted molar refractivity (Wildman–Crippen MR) is 79.8 cm³/mol. The summed E-state index contributed by atoms with van der Waals surface area (Å²) in [6, 6.07) is 5.93. The van der Waals surface area contributed by atoms with Crippen molar-refractivity contribution >= 4 is 22.6 Å². The van der Waals surface area contributed by atoms with E-state index in [1.807, 2.05) is 18.2 Å². The van der Waals surface area contributed by atoms with Crippen LogP contribution in [0.4, 0.5) is 0 Å². The smallest absolute Gasteiger partial charge is 0.113 e. The van der Waals surface area contributed by atoms with Crippen molar-refractivity contribution in [2.24, 2.45) is 0 Å². The number of piperidine rings is 1. The van der Waals surface area contributed by atoms with Gasteiger partial charge in [0.05, 0.1) is 11.0 Å². The second-order valence-corrected chi connectivity index (χ2v) is 5.46. The number of fused-ring (bicyclic) bond motifs is 1. The monoisotopic (exact) mass is 275 g/mol. The summed E-state index contributed by atoms with van der Waals surface area (Å²) in [5.74, 6) is 1.71. The molecule has 1 aromatic carbocycles. The van der Waals surface area contributed by atoms with Crippen LogP contribution in [0.15, 0.2) is 30.9 Å². The van der Waals surface area contributed by atoms with Gasteiger partial charge < -0.3 is 9.88 Å². The molecular formula is C15H18ClN3. The summed E-state index contributed by atoms with van der Waals surface area (Å²) in [4.78, 5) is 4.82. The minimum Gasteiger partial charge on any atom is -0.324 e. The van der Waals surface area contributed by atoms with Gasteiger partial charge in [0.2, 0.25) is 0 Å². The highest BCUT2D eigenvalue weighted by atomic mass is 35.5. The van der Waals surface area contributed by atoms with Gasteiger partial charge in [-0.2, -0.15) is 0 Å². The zero-order valence-electron chi connectivity index (χ0n) is 10.9. The molecule has 1 aliphatic heterocycles. The molecule has 0 atom stereocenters. The lowest BCUT2D eigenvalue weighted by Crippen LogP contribution is -2.28. The zero-order chi connectivity index (χ0) is 13.2. The number of aromatic nitrogens is 2. The van der Waals surface area contributed by atoms with Gasteiger partial charge in [0.25, 0.3) is 0 Å². The van der Waals surface area contributed by atoms with Gasteiger partial charge in [-0.3, -0.25) is 0 Å². The van der Waals surface area contributed by atoms with Crippen LogP contribution in [0.1, 0.15) is 24.6 Å². The van der Waals surface area contributed by atoms with Crippen LogP contribution >= 0.6 is 11.6 Å². The summed E-state index contributed by atoms with van der Waals surface area (Å²) in [6.07, 6.45) is 4.22. The summed E-state index contributed by atoms with van der Waals surface area (Å²) < 4.78 is 2.27. The van der Waals surface area contributed by atoms with Gasteiger partial charge in [0.15, 0.2) is 0 Å². The number of halogens is 1. The number of hydrogen-bond acceptors (Lipinski definition) is 2. The lowest BCUT2D eigenvalue weighted by Gasteiger charge is -2.22. The van der Waals surface area contributed by atoms with Crippen LogP contribution in [-0.4, -0.2) is 22.6 Å². The van der Waals surface area contributed by atoms with Crippen molar-refractivity contribution in [3.8, 4) is 0 Å². The van der Waals surface area contributed by atoms with Crippen LogP contribution in [0.2, 0.25) is 5.02 Å². The Morgan fingerprint density at radius 2 is 2.21 bits per heavy atom. The topological polar surface area (TPSA) is 29.9 Å². The predicted octanol–water partition coefficient (Wildman–Crippen LogP) is 3.34. The van der Waals surface area contributed by atoms with Crippen molar-refractivity contribution in [3.63, 3.8) is 0 Å². The first-order chi connectivity index (χ1) is 9.29. The van der Waals surface area contributed by atoms with Crippen LogP contribution < -0.4 is 5.32 Å². The van der Waals surface area contributed by atoms with Gasteiger partial charge in [0.1, 0.15) is 5.82 Å². The first-order valence-electron chi connectivity index (χ1n) is 6.77. The third kappa shape index (κ3) is 2.40. The van der Waals surface area contributed by atoms with E-state index in [-0.39, 0.29) is 0 Å². The summed E-state index contributed by atoms with van der Waals surface area (Å²) >= 11 is 6.06. The summed E-state index contributed by atoms with van der Waals surface area (Å²) in [5, 5.41) is 4.14. The van der Waals surface area contributed by atoms with Gasteiger partial charge in [-0.25, -0.2) is 4.98 Å². The van der Waals surface area contributed by atoms with Crippen molar-refractivity contribution in [1.29, 1.82) is 0 Å².